The van der Waals surface area contributed by atoms with Crippen molar-refractivity contribution in [2.24, 2.45) is 0 Å². The van der Waals surface area contributed by atoms with Gasteiger partial charge in [-0.15, -0.1) is 0 Å². The topological polar surface area (TPSA) is 56.5 Å². The molecule has 4 heteroatoms. The van der Waals surface area contributed by atoms with Crippen LogP contribution in [0.15, 0.2) is 33.5 Å². The first-order valence-corrected chi connectivity index (χ1v) is 7.71. The van der Waals surface area contributed by atoms with Crippen molar-refractivity contribution in [2.75, 3.05) is 7.11 Å². The van der Waals surface area contributed by atoms with E-state index in [2.05, 4.69) is 0 Å². The average molecular weight is 308 g/mol. The van der Waals surface area contributed by atoms with Crippen LogP contribution in [0, 0.1) is 6.92 Å². The zero-order chi connectivity index (χ0) is 16.1. The molecule has 3 aromatic rings. The molecule has 0 atom stereocenters. The molecule has 0 saturated heterocycles. The smallest absolute Gasteiger partial charge is 0.344 e. The largest absolute Gasteiger partial charge is 0.465 e. The number of ether oxygens (including phenoxy) is 1. The number of rotatable bonds is 1. The van der Waals surface area contributed by atoms with E-state index in [1.54, 1.807) is 13.0 Å². The number of aryl methyl sites for hydroxylation is 2. The van der Waals surface area contributed by atoms with Crippen LogP contribution in [0.4, 0.5) is 0 Å². The molecule has 0 amide bonds. The summed E-state index contributed by atoms with van der Waals surface area (Å²) in [7, 11) is 1.37. The second kappa shape index (κ2) is 4.95. The van der Waals surface area contributed by atoms with Gasteiger partial charge in [0.25, 0.3) is 0 Å². The van der Waals surface area contributed by atoms with E-state index in [9.17, 15) is 9.59 Å². The maximum atomic E-state index is 12.6. The molecule has 23 heavy (non-hydrogen) atoms. The van der Waals surface area contributed by atoms with E-state index in [4.69, 9.17) is 9.15 Å². The van der Waals surface area contributed by atoms with Crippen LogP contribution in [-0.2, 0) is 17.6 Å². The van der Waals surface area contributed by atoms with Gasteiger partial charge < -0.3 is 9.15 Å². The van der Waals surface area contributed by atoms with Gasteiger partial charge in [0, 0.05) is 10.8 Å². The summed E-state index contributed by atoms with van der Waals surface area (Å²) in [6.07, 6.45) is 2.68. The maximum absolute atomic E-state index is 12.6. The Balaban J connectivity index is 2.30. The molecule has 0 N–H and O–H groups in total. The summed E-state index contributed by atoms with van der Waals surface area (Å²) >= 11 is 0. The normalized spacial score (nSPS) is 13.5. The summed E-state index contributed by atoms with van der Waals surface area (Å²) in [5.74, 6) is -0.380. The van der Waals surface area contributed by atoms with Crippen molar-refractivity contribution >= 4 is 27.7 Å². The van der Waals surface area contributed by atoms with Crippen LogP contribution in [0.25, 0.3) is 21.7 Å². The number of carbonyl (C=O) groups is 1. The van der Waals surface area contributed by atoms with Gasteiger partial charge in [-0.3, -0.25) is 0 Å². The summed E-state index contributed by atoms with van der Waals surface area (Å²) in [6.45, 7) is 1.80. The summed E-state index contributed by atoms with van der Waals surface area (Å²) in [5, 5.41) is 2.37. The number of carbonyl (C=O) groups excluding carboxylic acids is 1. The van der Waals surface area contributed by atoms with Crippen LogP contribution in [0.3, 0.4) is 0 Å². The van der Waals surface area contributed by atoms with Gasteiger partial charge in [0.1, 0.15) is 5.58 Å². The first kappa shape index (κ1) is 14.0. The van der Waals surface area contributed by atoms with E-state index in [0.717, 1.165) is 41.2 Å². The number of hydrogen-bond acceptors (Lipinski definition) is 4. The van der Waals surface area contributed by atoms with E-state index in [-0.39, 0.29) is 5.97 Å². The third-order valence-electron chi connectivity index (χ3n) is 4.77. The maximum Gasteiger partial charge on any atom is 0.344 e. The molecular formula is C19H16O4. The van der Waals surface area contributed by atoms with Crippen LogP contribution in [-0.4, -0.2) is 13.1 Å². The van der Waals surface area contributed by atoms with Crippen molar-refractivity contribution in [1.29, 1.82) is 0 Å². The van der Waals surface area contributed by atoms with Crippen molar-refractivity contribution in [3.8, 4) is 0 Å². The molecule has 0 bridgehead atoms. The molecule has 4 nitrogen and oxygen atoms in total. The molecule has 0 radical (unpaired) electrons. The van der Waals surface area contributed by atoms with Crippen LogP contribution in [0.5, 0.6) is 0 Å². The number of fused-ring (bicyclic) bond motifs is 5. The van der Waals surface area contributed by atoms with E-state index in [1.807, 2.05) is 18.2 Å². The molecule has 0 saturated carbocycles. The van der Waals surface area contributed by atoms with Gasteiger partial charge in [-0.2, -0.15) is 0 Å². The minimum Gasteiger partial charge on any atom is -0.465 e. The number of benzene rings is 2. The van der Waals surface area contributed by atoms with Crippen molar-refractivity contribution in [1.82, 2.24) is 0 Å². The van der Waals surface area contributed by atoms with Gasteiger partial charge in [0.15, 0.2) is 0 Å². The van der Waals surface area contributed by atoms with E-state index in [0.29, 0.717) is 22.1 Å². The van der Waals surface area contributed by atoms with Crippen molar-refractivity contribution in [3.63, 3.8) is 0 Å². The molecule has 1 aliphatic carbocycles. The monoisotopic (exact) mass is 308 g/mol. The highest BCUT2D eigenvalue weighted by Crippen LogP contribution is 2.38. The van der Waals surface area contributed by atoms with Crippen molar-refractivity contribution in [2.45, 2.75) is 26.2 Å². The third-order valence-corrected chi connectivity index (χ3v) is 4.77. The van der Waals surface area contributed by atoms with Gasteiger partial charge in [0.05, 0.1) is 18.1 Å². The highest BCUT2D eigenvalue weighted by molar-refractivity contribution is 6.11. The minimum atomic E-state index is -0.393. The van der Waals surface area contributed by atoms with Gasteiger partial charge in [-0.05, 0) is 48.9 Å². The Morgan fingerprint density at radius 2 is 1.87 bits per heavy atom. The van der Waals surface area contributed by atoms with Crippen LogP contribution in [0.1, 0.15) is 33.5 Å². The zero-order valence-electron chi connectivity index (χ0n) is 13.1. The first-order valence-electron chi connectivity index (χ1n) is 7.71. The van der Waals surface area contributed by atoms with Crippen LogP contribution >= 0.6 is 0 Å². The van der Waals surface area contributed by atoms with Crippen molar-refractivity contribution < 1.29 is 13.9 Å². The fourth-order valence-corrected chi connectivity index (χ4v) is 3.83. The molecular weight excluding hydrogens is 292 g/mol. The summed E-state index contributed by atoms with van der Waals surface area (Å²) in [4.78, 5) is 24.8. The predicted octanol–water partition coefficient (Wildman–Crippen LogP) is 3.53. The highest BCUT2D eigenvalue weighted by Gasteiger charge is 2.28. The minimum absolute atomic E-state index is 0.380. The molecule has 1 aromatic heterocycles. The Bertz CT molecular complexity index is 1030. The van der Waals surface area contributed by atoms with Crippen molar-refractivity contribution in [3.05, 3.63) is 56.9 Å². The van der Waals surface area contributed by atoms with Gasteiger partial charge in [-0.1, -0.05) is 18.2 Å². The van der Waals surface area contributed by atoms with Gasteiger partial charge in [0.2, 0.25) is 0 Å². The fraction of sp³-hybridized carbons (Fsp3) is 0.263. The lowest BCUT2D eigenvalue weighted by Gasteiger charge is -2.15. The standard InChI is InChI=1S/C19H16O4/c1-10-15(18(20)22-2)11-7-5-8-12(11)17-13-6-3-4-9-14(13)23-19(21)16(10)17/h3-4,6,9H,5,7-8H2,1-2H3. The number of esters is 1. The molecule has 116 valence electrons. The molecule has 0 spiro atoms. The van der Waals surface area contributed by atoms with E-state index < -0.39 is 5.63 Å². The number of methoxy groups -OCH3 is 1. The summed E-state index contributed by atoms with van der Waals surface area (Å²) in [6, 6.07) is 7.57. The zero-order valence-corrected chi connectivity index (χ0v) is 13.1. The molecule has 0 aliphatic heterocycles. The van der Waals surface area contributed by atoms with Gasteiger partial charge >= 0.3 is 11.6 Å². The molecule has 4 rings (SSSR count). The van der Waals surface area contributed by atoms with Crippen LogP contribution in [0.2, 0.25) is 0 Å². The molecule has 1 aliphatic rings. The second-order valence-corrected chi connectivity index (χ2v) is 5.94. The Morgan fingerprint density at radius 1 is 1.13 bits per heavy atom. The first-order chi connectivity index (χ1) is 11.1. The average Bonchev–Trinajstić information content (AvgIpc) is 3.03. The molecule has 1 heterocycles. The Kier molecular flexibility index (Phi) is 3.01. The number of para-hydroxylation sites is 1. The third kappa shape index (κ3) is 1.84. The summed E-state index contributed by atoms with van der Waals surface area (Å²) in [5.41, 5.74) is 3.51. The van der Waals surface area contributed by atoms with E-state index >= 15 is 0 Å². The lowest BCUT2D eigenvalue weighted by atomic mass is 9.90. The lowest BCUT2D eigenvalue weighted by molar-refractivity contribution is 0.0599. The SMILES string of the molecule is COC(=O)c1c2c(c3c(c1C)c(=O)oc1ccccc13)CCC2. The predicted molar refractivity (Wildman–Crippen MR) is 88.1 cm³/mol. The Hall–Kier alpha value is -2.62. The molecule has 0 unspecified atom stereocenters. The van der Waals surface area contributed by atoms with Crippen LogP contribution < -0.4 is 5.63 Å². The lowest BCUT2D eigenvalue weighted by Crippen LogP contribution is -2.13. The highest BCUT2D eigenvalue weighted by atomic mass is 16.5. The van der Waals surface area contributed by atoms with E-state index in [1.165, 1.54) is 7.11 Å². The Morgan fingerprint density at radius 3 is 2.65 bits per heavy atom. The summed E-state index contributed by atoms with van der Waals surface area (Å²) < 4.78 is 10.4. The Labute approximate surface area is 132 Å². The fourth-order valence-electron chi connectivity index (χ4n) is 3.83. The quantitative estimate of drug-likeness (QED) is 0.392. The second-order valence-electron chi connectivity index (χ2n) is 5.94. The number of hydrogen-bond donors (Lipinski definition) is 0. The molecule has 0 fully saturated rings. The van der Waals surface area contributed by atoms with Gasteiger partial charge in [-0.25, -0.2) is 9.59 Å². The molecule has 2 aromatic carbocycles.